The van der Waals surface area contributed by atoms with Crippen molar-refractivity contribution >= 4 is 5.91 Å². The lowest BCUT2D eigenvalue weighted by atomic mass is 9.87. The number of ether oxygens (including phenoxy) is 3. The van der Waals surface area contributed by atoms with E-state index in [-0.39, 0.29) is 5.91 Å². The Morgan fingerprint density at radius 2 is 1.70 bits per heavy atom. The van der Waals surface area contributed by atoms with E-state index in [4.69, 9.17) is 14.2 Å². The molecule has 6 heteroatoms. The molecule has 33 heavy (non-hydrogen) atoms. The zero-order valence-corrected chi connectivity index (χ0v) is 20.4. The first-order valence-corrected chi connectivity index (χ1v) is 11.9. The maximum absolute atomic E-state index is 12.9. The van der Waals surface area contributed by atoms with Gasteiger partial charge >= 0.3 is 0 Å². The predicted molar refractivity (Wildman–Crippen MR) is 130 cm³/mol. The first-order valence-electron chi connectivity index (χ1n) is 11.9. The van der Waals surface area contributed by atoms with Gasteiger partial charge in [-0.1, -0.05) is 12.1 Å². The van der Waals surface area contributed by atoms with Gasteiger partial charge in [-0.2, -0.15) is 0 Å². The van der Waals surface area contributed by atoms with Crippen LogP contribution in [-0.4, -0.2) is 69.8 Å². The fraction of sp³-hybridized carbons (Fsp3) is 0.519. The van der Waals surface area contributed by atoms with E-state index in [0.717, 1.165) is 68.8 Å². The van der Waals surface area contributed by atoms with Crippen LogP contribution >= 0.6 is 0 Å². The Hall–Kier alpha value is -2.73. The molecule has 4 rings (SSSR count). The highest BCUT2D eigenvalue weighted by molar-refractivity contribution is 5.80. The van der Waals surface area contributed by atoms with Crippen molar-refractivity contribution in [1.29, 1.82) is 0 Å². The molecule has 2 aromatic carbocycles. The molecule has 178 valence electrons. The van der Waals surface area contributed by atoms with Crippen LogP contribution in [0.25, 0.3) is 0 Å². The quantitative estimate of drug-likeness (QED) is 0.614. The van der Waals surface area contributed by atoms with Crippen LogP contribution < -0.4 is 14.2 Å². The standard InChI is InChI=1S/C27H36N2O4/c1-28(22-10-9-19-7-5-8-24(31-2)23(19)18-22)12-6-13-29-14-11-20-15-25(32-3)26(33-4)16-21(20)17-27(29)30/h5,7-8,15-16,22H,6,9-14,17-18H2,1-4H3. The van der Waals surface area contributed by atoms with Crippen LogP contribution in [0.15, 0.2) is 30.3 Å². The van der Waals surface area contributed by atoms with E-state index in [9.17, 15) is 4.79 Å². The molecule has 1 heterocycles. The van der Waals surface area contributed by atoms with Crippen molar-refractivity contribution < 1.29 is 19.0 Å². The van der Waals surface area contributed by atoms with Crippen LogP contribution in [0.1, 0.15) is 35.1 Å². The average Bonchev–Trinajstić information content (AvgIpc) is 2.99. The summed E-state index contributed by atoms with van der Waals surface area (Å²) in [5.41, 5.74) is 5.00. The number of hydrogen-bond acceptors (Lipinski definition) is 5. The lowest BCUT2D eigenvalue weighted by Crippen LogP contribution is -2.39. The number of carbonyl (C=O) groups excluding carboxylic acids is 1. The number of fused-ring (bicyclic) bond motifs is 2. The Kier molecular flexibility index (Phi) is 7.43. The van der Waals surface area contributed by atoms with Crippen LogP contribution in [0.5, 0.6) is 17.2 Å². The van der Waals surface area contributed by atoms with Crippen molar-refractivity contribution in [2.75, 3.05) is 48.0 Å². The Balaban J connectivity index is 1.32. The van der Waals surface area contributed by atoms with Crippen molar-refractivity contribution in [2.24, 2.45) is 0 Å². The van der Waals surface area contributed by atoms with Crippen LogP contribution in [0.3, 0.4) is 0 Å². The molecule has 0 saturated carbocycles. The van der Waals surface area contributed by atoms with Gasteiger partial charge in [0.05, 0.1) is 27.8 Å². The Morgan fingerprint density at radius 1 is 0.970 bits per heavy atom. The second kappa shape index (κ2) is 10.5. The lowest BCUT2D eigenvalue weighted by Gasteiger charge is -2.33. The van der Waals surface area contributed by atoms with Crippen molar-refractivity contribution in [3.05, 3.63) is 52.6 Å². The molecule has 0 N–H and O–H groups in total. The monoisotopic (exact) mass is 452 g/mol. The molecule has 1 amide bonds. The topological polar surface area (TPSA) is 51.2 Å². The fourth-order valence-corrected chi connectivity index (χ4v) is 5.25. The average molecular weight is 453 g/mol. The van der Waals surface area contributed by atoms with Gasteiger partial charge in [0.1, 0.15) is 5.75 Å². The third-order valence-corrected chi connectivity index (χ3v) is 7.25. The maximum Gasteiger partial charge on any atom is 0.227 e. The van der Waals surface area contributed by atoms with Gasteiger partial charge in [-0.25, -0.2) is 0 Å². The number of carbonyl (C=O) groups is 1. The molecule has 0 saturated heterocycles. The normalized spacial score (nSPS) is 17.9. The van der Waals surface area contributed by atoms with Crippen molar-refractivity contribution in [2.45, 2.75) is 44.6 Å². The van der Waals surface area contributed by atoms with E-state index < -0.39 is 0 Å². The van der Waals surface area contributed by atoms with Gasteiger partial charge in [-0.3, -0.25) is 4.79 Å². The molecular weight excluding hydrogens is 416 g/mol. The van der Waals surface area contributed by atoms with E-state index in [1.165, 1.54) is 16.7 Å². The maximum atomic E-state index is 12.9. The van der Waals surface area contributed by atoms with E-state index in [2.05, 4.69) is 30.1 Å². The zero-order chi connectivity index (χ0) is 23.4. The van der Waals surface area contributed by atoms with Crippen LogP contribution in [0.2, 0.25) is 0 Å². The van der Waals surface area contributed by atoms with Crippen LogP contribution in [-0.2, 0) is 30.5 Å². The summed E-state index contributed by atoms with van der Waals surface area (Å²) in [5.74, 6) is 2.61. The van der Waals surface area contributed by atoms with Crippen LogP contribution in [0.4, 0.5) is 0 Å². The second-order valence-corrected chi connectivity index (χ2v) is 9.11. The van der Waals surface area contributed by atoms with E-state index in [1.807, 2.05) is 17.0 Å². The summed E-state index contributed by atoms with van der Waals surface area (Å²) < 4.78 is 16.5. The molecule has 2 aliphatic rings. The zero-order valence-electron chi connectivity index (χ0n) is 20.4. The summed E-state index contributed by atoms with van der Waals surface area (Å²) in [6, 6.07) is 10.9. The molecule has 6 nitrogen and oxygen atoms in total. The highest BCUT2D eigenvalue weighted by atomic mass is 16.5. The van der Waals surface area contributed by atoms with Gasteiger partial charge < -0.3 is 24.0 Å². The summed E-state index contributed by atoms with van der Waals surface area (Å²) in [6.07, 6.45) is 5.52. The first-order chi connectivity index (χ1) is 16.0. The van der Waals surface area contributed by atoms with Gasteiger partial charge in [-0.15, -0.1) is 0 Å². The van der Waals surface area contributed by atoms with E-state index >= 15 is 0 Å². The Labute approximate surface area is 197 Å². The smallest absolute Gasteiger partial charge is 0.227 e. The molecule has 0 radical (unpaired) electrons. The molecule has 1 atom stereocenters. The highest BCUT2D eigenvalue weighted by Gasteiger charge is 2.25. The minimum Gasteiger partial charge on any atom is -0.496 e. The predicted octanol–water partition coefficient (Wildman–Crippen LogP) is 3.52. The number of likely N-dealkylation sites (N-methyl/N-ethyl adjacent to an activating group) is 1. The summed E-state index contributed by atoms with van der Waals surface area (Å²) in [5, 5.41) is 0. The summed E-state index contributed by atoms with van der Waals surface area (Å²) in [6.45, 7) is 2.52. The SMILES string of the molecule is COc1cc2c(cc1OC)CC(=O)N(CCCN(C)C1CCc3cccc(OC)c3C1)CC2. The minimum atomic E-state index is 0.194. The van der Waals surface area contributed by atoms with Gasteiger partial charge in [0.15, 0.2) is 11.5 Å². The largest absolute Gasteiger partial charge is 0.496 e. The van der Waals surface area contributed by atoms with Crippen molar-refractivity contribution in [1.82, 2.24) is 9.80 Å². The second-order valence-electron chi connectivity index (χ2n) is 9.11. The number of hydrogen-bond donors (Lipinski definition) is 0. The van der Waals surface area contributed by atoms with Crippen LogP contribution in [0, 0.1) is 0 Å². The fourth-order valence-electron chi connectivity index (χ4n) is 5.25. The number of aryl methyl sites for hydroxylation is 1. The van der Waals surface area contributed by atoms with E-state index in [1.54, 1.807) is 21.3 Å². The van der Waals surface area contributed by atoms with Gasteiger partial charge in [-0.05, 0) is 86.1 Å². The number of methoxy groups -OCH3 is 3. The number of benzene rings is 2. The molecule has 0 fully saturated rings. The lowest BCUT2D eigenvalue weighted by molar-refractivity contribution is -0.130. The molecule has 0 aromatic heterocycles. The third kappa shape index (κ3) is 5.11. The first kappa shape index (κ1) is 23.4. The number of nitrogens with zero attached hydrogens (tertiary/aromatic N) is 2. The van der Waals surface area contributed by atoms with Gasteiger partial charge in [0.25, 0.3) is 0 Å². The molecule has 1 unspecified atom stereocenters. The summed E-state index contributed by atoms with van der Waals surface area (Å²) in [7, 11) is 7.25. The Bertz CT molecular complexity index is 976. The molecule has 2 aromatic rings. The highest BCUT2D eigenvalue weighted by Crippen LogP contribution is 2.33. The third-order valence-electron chi connectivity index (χ3n) is 7.25. The molecule has 1 aliphatic heterocycles. The minimum absolute atomic E-state index is 0.194. The van der Waals surface area contributed by atoms with Gasteiger partial charge in [0.2, 0.25) is 5.91 Å². The Morgan fingerprint density at radius 3 is 2.42 bits per heavy atom. The van der Waals surface area contributed by atoms with Crippen molar-refractivity contribution in [3.63, 3.8) is 0 Å². The van der Waals surface area contributed by atoms with Gasteiger partial charge in [0, 0.05) is 19.1 Å². The molecule has 0 spiro atoms. The number of amides is 1. The summed E-state index contributed by atoms with van der Waals surface area (Å²) in [4.78, 5) is 17.4. The van der Waals surface area contributed by atoms with Crippen molar-refractivity contribution in [3.8, 4) is 17.2 Å². The molecule has 1 aliphatic carbocycles. The van der Waals surface area contributed by atoms with E-state index in [0.29, 0.717) is 18.2 Å². The number of rotatable bonds is 8. The molecule has 0 bridgehead atoms. The summed E-state index contributed by atoms with van der Waals surface area (Å²) >= 11 is 0. The molecular formula is C27H36N2O4.